The largest absolute Gasteiger partial charge is 0.381 e. The Morgan fingerprint density at radius 2 is 1.54 bits per heavy atom. The highest BCUT2D eigenvalue weighted by molar-refractivity contribution is 5.79. The Bertz CT molecular complexity index is 757. The quantitative estimate of drug-likeness (QED) is 0.502. The van der Waals surface area contributed by atoms with Crippen LogP contribution in [0.2, 0.25) is 0 Å². The molecule has 208 valence electrons. The molecule has 2 unspecified atom stereocenters. The Morgan fingerprint density at radius 3 is 2.19 bits per heavy atom. The fourth-order valence-corrected chi connectivity index (χ4v) is 7.90. The van der Waals surface area contributed by atoms with Gasteiger partial charge in [-0.3, -0.25) is 25.6 Å². The van der Waals surface area contributed by atoms with Crippen molar-refractivity contribution in [3.63, 3.8) is 0 Å². The number of hydrogen-bond acceptors (Lipinski definition) is 7. The number of carbonyl (C=O) groups is 1. The van der Waals surface area contributed by atoms with Crippen molar-refractivity contribution in [1.82, 2.24) is 25.8 Å². The number of rotatable bonds is 6. The number of nitrogens with one attached hydrogen (secondary N) is 3. The molecule has 5 fully saturated rings. The lowest BCUT2D eigenvalue weighted by molar-refractivity contribution is -0.139. The molecule has 0 aromatic heterocycles. The lowest BCUT2D eigenvalue weighted by atomic mass is 9.78. The highest BCUT2D eigenvalue weighted by Crippen LogP contribution is 2.33. The molecule has 8 heteroatoms. The molecule has 0 spiro atoms. The van der Waals surface area contributed by atoms with Crippen molar-refractivity contribution in [2.75, 3.05) is 46.4 Å². The van der Waals surface area contributed by atoms with Crippen molar-refractivity contribution in [3.8, 4) is 6.07 Å². The van der Waals surface area contributed by atoms with E-state index in [0.717, 1.165) is 83.7 Å². The van der Waals surface area contributed by atoms with E-state index in [1.807, 2.05) is 7.11 Å². The summed E-state index contributed by atoms with van der Waals surface area (Å²) in [5, 5.41) is 20.8. The Balaban J connectivity index is 0.984. The molecule has 2 heterocycles. The first-order valence-electron chi connectivity index (χ1n) is 15.3. The number of hydrogen-bond donors (Lipinski definition) is 3. The van der Waals surface area contributed by atoms with Gasteiger partial charge in [-0.15, -0.1) is 0 Å². The van der Waals surface area contributed by atoms with E-state index < -0.39 is 0 Å². The van der Waals surface area contributed by atoms with Crippen molar-refractivity contribution in [2.24, 2.45) is 23.7 Å². The summed E-state index contributed by atoms with van der Waals surface area (Å²) in [6, 6.07) is 3.43. The number of nitrogens with zero attached hydrogens (tertiary/aromatic N) is 3. The number of piperazine rings is 1. The molecule has 5 rings (SSSR count). The molecular weight excluding hydrogens is 464 g/mol. The molecule has 1 amide bonds. The molecule has 0 radical (unpaired) electrons. The van der Waals surface area contributed by atoms with Crippen LogP contribution in [-0.2, 0) is 9.53 Å². The zero-order chi connectivity index (χ0) is 25.6. The van der Waals surface area contributed by atoms with E-state index in [-0.39, 0.29) is 18.1 Å². The van der Waals surface area contributed by atoms with Crippen LogP contribution in [0.5, 0.6) is 0 Å². The van der Waals surface area contributed by atoms with Crippen LogP contribution < -0.4 is 16.0 Å². The molecule has 2 aliphatic heterocycles. The number of nitriles is 1. The Kier molecular flexibility index (Phi) is 9.76. The second kappa shape index (κ2) is 13.2. The molecule has 37 heavy (non-hydrogen) atoms. The summed E-state index contributed by atoms with van der Waals surface area (Å²) in [5.41, 5.74) is 0. The van der Waals surface area contributed by atoms with Crippen molar-refractivity contribution in [2.45, 2.75) is 102 Å². The van der Waals surface area contributed by atoms with E-state index >= 15 is 0 Å². The van der Waals surface area contributed by atoms with Gasteiger partial charge in [0.05, 0.1) is 18.1 Å². The maximum atomic E-state index is 13.3. The minimum Gasteiger partial charge on any atom is -0.381 e. The molecule has 3 N–H and O–H groups in total. The van der Waals surface area contributed by atoms with Gasteiger partial charge in [0.2, 0.25) is 5.91 Å². The molecule has 0 bridgehead atoms. The number of methoxy groups -OCH3 is 1. The van der Waals surface area contributed by atoms with E-state index in [0.29, 0.717) is 30.0 Å². The molecule has 2 saturated heterocycles. The van der Waals surface area contributed by atoms with Crippen LogP contribution in [0.15, 0.2) is 0 Å². The van der Waals surface area contributed by atoms with Gasteiger partial charge in [0.15, 0.2) is 0 Å². The highest BCUT2D eigenvalue weighted by Gasteiger charge is 2.36. The molecule has 5 aliphatic rings. The predicted molar refractivity (Wildman–Crippen MR) is 144 cm³/mol. The van der Waals surface area contributed by atoms with Crippen LogP contribution in [0.25, 0.3) is 0 Å². The van der Waals surface area contributed by atoms with Crippen LogP contribution in [-0.4, -0.2) is 86.6 Å². The zero-order valence-electron chi connectivity index (χ0n) is 23.0. The minimum atomic E-state index is 0.175. The summed E-state index contributed by atoms with van der Waals surface area (Å²) in [5.74, 6) is 2.26. The summed E-state index contributed by atoms with van der Waals surface area (Å²) in [6.07, 6.45) is 14.4. The number of ether oxygens (including phenoxy) is 1. The van der Waals surface area contributed by atoms with E-state index in [1.54, 1.807) is 0 Å². The maximum Gasteiger partial charge on any atom is 0.225 e. The van der Waals surface area contributed by atoms with Crippen molar-refractivity contribution in [1.29, 1.82) is 5.26 Å². The van der Waals surface area contributed by atoms with Crippen molar-refractivity contribution in [3.05, 3.63) is 0 Å². The number of amides is 1. The summed E-state index contributed by atoms with van der Waals surface area (Å²) in [4.78, 5) is 17.9. The van der Waals surface area contributed by atoms with Gasteiger partial charge in [-0.1, -0.05) is 12.8 Å². The lowest BCUT2D eigenvalue weighted by Crippen LogP contribution is -2.63. The summed E-state index contributed by atoms with van der Waals surface area (Å²) in [6.45, 7) is 5.69. The van der Waals surface area contributed by atoms with Gasteiger partial charge in [-0.05, 0) is 76.0 Å². The Labute approximate surface area is 224 Å². The van der Waals surface area contributed by atoms with Gasteiger partial charge in [0.25, 0.3) is 0 Å². The summed E-state index contributed by atoms with van der Waals surface area (Å²) >= 11 is 0. The molecule has 3 saturated carbocycles. The predicted octanol–water partition coefficient (Wildman–Crippen LogP) is 2.66. The average Bonchev–Trinajstić information content (AvgIpc) is 2.98. The Hall–Kier alpha value is -1.24. The van der Waals surface area contributed by atoms with Crippen LogP contribution in [0.1, 0.15) is 77.0 Å². The smallest absolute Gasteiger partial charge is 0.225 e. The molecule has 3 aliphatic carbocycles. The summed E-state index contributed by atoms with van der Waals surface area (Å²) in [7, 11) is 1.85. The monoisotopic (exact) mass is 514 g/mol. The van der Waals surface area contributed by atoms with Crippen LogP contribution in [0.4, 0.5) is 0 Å². The van der Waals surface area contributed by atoms with Crippen LogP contribution in [0.3, 0.4) is 0 Å². The van der Waals surface area contributed by atoms with Gasteiger partial charge in [-0.2, -0.15) is 5.26 Å². The molecule has 2 atom stereocenters. The van der Waals surface area contributed by atoms with Crippen LogP contribution in [0, 0.1) is 35.0 Å². The van der Waals surface area contributed by atoms with Gasteiger partial charge in [-0.25, -0.2) is 0 Å². The first-order valence-corrected chi connectivity index (χ1v) is 15.3. The van der Waals surface area contributed by atoms with E-state index in [2.05, 4.69) is 31.8 Å². The van der Waals surface area contributed by atoms with Crippen LogP contribution >= 0.6 is 0 Å². The normalized spacial score (nSPS) is 40.2. The van der Waals surface area contributed by atoms with Gasteiger partial charge >= 0.3 is 0 Å². The second-order valence-corrected chi connectivity index (χ2v) is 12.4. The fourth-order valence-electron chi connectivity index (χ4n) is 7.90. The fraction of sp³-hybridized carbons (Fsp3) is 0.931. The topological polar surface area (TPSA) is 92.7 Å². The number of carbonyl (C=O) groups excluding carboxylic acids is 1. The lowest BCUT2D eigenvalue weighted by Gasteiger charge is -2.43. The van der Waals surface area contributed by atoms with Gasteiger partial charge in [0, 0.05) is 64.4 Å². The first kappa shape index (κ1) is 27.3. The minimum absolute atomic E-state index is 0.175. The van der Waals surface area contributed by atoms with E-state index in [4.69, 9.17) is 4.74 Å². The Morgan fingerprint density at radius 1 is 0.865 bits per heavy atom. The molecule has 8 nitrogen and oxygen atoms in total. The third-order valence-corrected chi connectivity index (χ3v) is 10.4. The SMILES string of the molecule is COC1CCC(C2CNC(NC3CCC(C(=O)N4CCN(C5CCCCC5C#N)CC4)CC3)NC2)CC1. The van der Waals surface area contributed by atoms with Gasteiger partial charge < -0.3 is 9.64 Å². The highest BCUT2D eigenvalue weighted by atomic mass is 16.5. The molecule has 0 aromatic rings. The third-order valence-electron chi connectivity index (χ3n) is 10.4. The van der Waals surface area contributed by atoms with Crippen molar-refractivity contribution < 1.29 is 9.53 Å². The van der Waals surface area contributed by atoms with Gasteiger partial charge in [0.1, 0.15) is 6.29 Å². The first-order chi connectivity index (χ1) is 18.1. The van der Waals surface area contributed by atoms with Crippen molar-refractivity contribution >= 4 is 5.91 Å². The second-order valence-electron chi connectivity index (χ2n) is 12.4. The maximum absolute atomic E-state index is 13.3. The zero-order valence-corrected chi connectivity index (χ0v) is 23.0. The molecular formula is C29H50N6O2. The average molecular weight is 515 g/mol. The standard InChI is InChI=1S/C29H50N6O2/c1-37-26-12-8-21(9-13-26)24-19-31-29(32-20-24)33-25-10-6-22(7-11-25)28(36)35-16-14-34(15-17-35)27-5-3-2-4-23(27)18-30/h21-27,29,31-33H,2-17,19-20H2,1H3. The molecule has 0 aromatic carbocycles. The van der Waals surface area contributed by atoms with E-state index in [9.17, 15) is 10.1 Å². The third kappa shape index (κ3) is 6.86. The van der Waals surface area contributed by atoms with E-state index in [1.165, 1.54) is 38.5 Å². The summed E-state index contributed by atoms with van der Waals surface area (Å²) < 4.78 is 5.54.